The van der Waals surface area contributed by atoms with E-state index in [1.807, 2.05) is 0 Å². The third-order valence-electron chi connectivity index (χ3n) is 2.39. The summed E-state index contributed by atoms with van der Waals surface area (Å²) >= 11 is 0. The molecule has 1 N–H and O–H groups in total. The van der Waals surface area contributed by atoms with Crippen LogP contribution in [-0.2, 0) is 18.3 Å². The van der Waals surface area contributed by atoms with Crippen molar-refractivity contribution >= 4 is 5.97 Å². The minimum Gasteiger partial charge on any atom is -0.481 e. The number of nitrogens with zero attached hydrogens (tertiary/aromatic N) is 2. The molecule has 0 bridgehead atoms. The highest BCUT2D eigenvalue weighted by Gasteiger charge is 2.31. The van der Waals surface area contributed by atoms with E-state index in [1.165, 1.54) is 0 Å². The van der Waals surface area contributed by atoms with Crippen molar-refractivity contribution in [3.63, 3.8) is 0 Å². The highest BCUT2D eigenvalue weighted by atomic mass is 16.4. The van der Waals surface area contributed by atoms with Gasteiger partial charge in [-0.05, 0) is 18.4 Å². The maximum Gasteiger partial charge on any atom is 0.312 e. The Bertz CT molecular complexity index is 330. The molecule has 4 heteroatoms. The first-order chi connectivity index (χ1) is 5.70. The molecule has 0 aliphatic heterocycles. The van der Waals surface area contributed by atoms with E-state index < -0.39 is 5.97 Å². The average Bonchev–Trinajstić information content (AvgIpc) is 2.53. The van der Waals surface area contributed by atoms with E-state index in [4.69, 9.17) is 5.11 Å². The first-order valence-corrected chi connectivity index (χ1v) is 3.93. The molecular formula is C8H10N2O2. The number of fused-ring (bicyclic) bond motifs is 1. The highest BCUT2D eigenvalue weighted by Crippen LogP contribution is 2.32. The van der Waals surface area contributed by atoms with Gasteiger partial charge < -0.3 is 5.11 Å². The van der Waals surface area contributed by atoms with Crippen LogP contribution in [0.3, 0.4) is 0 Å². The van der Waals surface area contributed by atoms with Gasteiger partial charge in [0.2, 0.25) is 0 Å². The molecule has 0 unspecified atom stereocenters. The quantitative estimate of drug-likeness (QED) is 0.662. The van der Waals surface area contributed by atoms with Crippen molar-refractivity contribution in [3.05, 3.63) is 17.5 Å². The molecule has 0 aromatic carbocycles. The summed E-state index contributed by atoms with van der Waals surface area (Å²) in [5.74, 6) is -1.08. The molecule has 1 atom stereocenters. The lowest BCUT2D eigenvalue weighted by Crippen LogP contribution is -2.12. The minimum atomic E-state index is -0.739. The van der Waals surface area contributed by atoms with Crippen molar-refractivity contribution in [3.8, 4) is 0 Å². The molecular weight excluding hydrogens is 156 g/mol. The summed E-state index contributed by atoms with van der Waals surface area (Å²) in [4.78, 5) is 10.8. The first-order valence-electron chi connectivity index (χ1n) is 3.93. The Morgan fingerprint density at radius 2 is 2.58 bits per heavy atom. The molecule has 1 aliphatic rings. The van der Waals surface area contributed by atoms with Gasteiger partial charge in [0.05, 0.1) is 17.8 Å². The SMILES string of the molecule is Cn1ncc2c1[C@H](C(=O)O)CC2. The zero-order valence-corrected chi connectivity index (χ0v) is 6.82. The van der Waals surface area contributed by atoms with Crippen LogP contribution in [0.2, 0.25) is 0 Å². The van der Waals surface area contributed by atoms with E-state index in [0.29, 0.717) is 0 Å². The molecule has 1 aromatic heterocycles. The van der Waals surface area contributed by atoms with Gasteiger partial charge in [0.25, 0.3) is 0 Å². The molecule has 1 aliphatic carbocycles. The first kappa shape index (κ1) is 7.34. The number of carboxylic acids is 1. The largest absolute Gasteiger partial charge is 0.481 e. The topological polar surface area (TPSA) is 55.1 Å². The average molecular weight is 166 g/mol. The monoisotopic (exact) mass is 166 g/mol. The molecule has 4 nitrogen and oxygen atoms in total. The number of aryl methyl sites for hydroxylation is 2. The summed E-state index contributed by atoms with van der Waals surface area (Å²) < 4.78 is 1.67. The highest BCUT2D eigenvalue weighted by molar-refractivity contribution is 5.77. The summed E-state index contributed by atoms with van der Waals surface area (Å²) in [5, 5.41) is 12.9. The van der Waals surface area contributed by atoms with Gasteiger partial charge >= 0.3 is 5.97 Å². The molecule has 0 saturated carbocycles. The van der Waals surface area contributed by atoms with Crippen LogP contribution in [0.15, 0.2) is 6.20 Å². The van der Waals surface area contributed by atoms with Crippen LogP contribution in [0.5, 0.6) is 0 Å². The standard InChI is InChI=1S/C8H10N2O2/c1-10-7-5(4-9-10)2-3-6(7)8(11)12/h4,6H,2-3H2,1H3,(H,11,12)/t6-/m1/s1. The maximum atomic E-state index is 10.8. The Hall–Kier alpha value is -1.32. The fourth-order valence-corrected chi connectivity index (χ4v) is 1.81. The van der Waals surface area contributed by atoms with E-state index in [1.54, 1.807) is 17.9 Å². The van der Waals surface area contributed by atoms with Crippen LogP contribution in [0.1, 0.15) is 23.6 Å². The predicted molar refractivity (Wildman–Crippen MR) is 41.9 cm³/mol. The molecule has 0 saturated heterocycles. The van der Waals surface area contributed by atoms with Gasteiger partial charge in [-0.2, -0.15) is 5.10 Å². The van der Waals surface area contributed by atoms with Crippen molar-refractivity contribution in [2.45, 2.75) is 18.8 Å². The fourth-order valence-electron chi connectivity index (χ4n) is 1.81. The molecule has 0 fully saturated rings. The van der Waals surface area contributed by atoms with Crippen LogP contribution >= 0.6 is 0 Å². The van der Waals surface area contributed by atoms with Crippen molar-refractivity contribution in [1.29, 1.82) is 0 Å². The second-order valence-electron chi connectivity index (χ2n) is 3.11. The minimum absolute atomic E-state index is 0.340. The lowest BCUT2D eigenvalue weighted by atomic mass is 10.1. The Kier molecular flexibility index (Phi) is 1.43. The second kappa shape index (κ2) is 2.33. The van der Waals surface area contributed by atoms with Gasteiger partial charge in [-0.3, -0.25) is 9.48 Å². The summed E-state index contributed by atoms with van der Waals surface area (Å²) in [7, 11) is 1.79. The van der Waals surface area contributed by atoms with E-state index in [-0.39, 0.29) is 5.92 Å². The molecule has 0 amide bonds. The summed E-state index contributed by atoms with van der Waals surface area (Å²) in [6, 6.07) is 0. The molecule has 1 aromatic rings. The second-order valence-corrected chi connectivity index (χ2v) is 3.11. The van der Waals surface area contributed by atoms with E-state index in [9.17, 15) is 4.79 Å². The number of hydrogen-bond donors (Lipinski definition) is 1. The van der Waals surface area contributed by atoms with Crippen LogP contribution in [0.25, 0.3) is 0 Å². The van der Waals surface area contributed by atoms with Crippen LogP contribution in [0, 0.1) is 0 Å². The zero-order chi connectivity index (χ0) is 8.72. The maximum absolute atomic E-state index is 10.8. The molecule has 64 valence electrons. The molecule has 12 heavy (non-hydrogen) atoms. The fraction of sp³-hybridized carbons (Fsp3) is 0.500. The Balaban J connectivity index is 2.46. The van der Waals surface area contributed by atoms with Crippen molar-refractivity contribution < 1.29 is 9.90 Å². The number of aromatic nitrogens is 2. The van der Waals surface area contributed by atoms with Gasteiger partial charge in [0, 0.05) is 7.05 Å². The Morgan fingerprint density at radius 1 is 1.83 bits per heavy atom. The van der Waals surface area contributed by atoms with Crippen molar-refractivity contribution in [1.82, 2.24) is 9.78 Å². The predicted octanol–water partition coefficient (Wildman–Crippen LogP) is 0.534. The third kappa shape index (κ3) is 0.841. The summed E-state index contributed by atoms with van der Waals surface area (Å²) in [6.07, 6.45) is 3.33. The van der Waals surface area contributed by atoms with Crippen molar-refractivity contribution in [2.75, 3.05) is 0 Å². The zero-order valence-electron chi connectivity index (χ0n) is 6.82. The Labute approximate surface area is 69.8 Å². The molecule has 1 heterocycles. The number of carbonyl (C=O) groups is 1. The van der Waals surface area contributed by atoms with Crippen LogP contribution < -0.4 is 0 Å². The van der Waals surface area contributed by atoms with E-state index in [0.717, 1.165) is 24.1 Å². The number of carboxylic acid groups (broad SMARTS) is 1. The summed E-state index contributed by atoms with van der Waals surface area (Å²) in [5.41, 5.74) is 1.97. The van der Waals surface area contributed by atoms with Gasteiger partial charge in [-0.15, -0.1) is 0 Å². The number of hydrogen-bond acceptors (Lipinski definition) is 2. The van der Waals surface area contributed by atoms with Gasteiger partial charge in [0.15, 0.2) is 0 Å². The van der Waals surface area contributed by atoms with Gasteiger partial charge in [0.1, 0.15) is 0 Å². The van der Waals surface area contributed by atoms with E-state index >= 15 is 0 Å². The molecule has 0 spiro atoms. The summed E-state index contributed by atoms with van der Waals surface area (Å²) in [6.45, 7) is 0. The lowest BCUT2D eigenvalue weighted by molar-refractivity contribution is -0.138. The number of rotatable bonds is 1. The molecule has 2 rings (SSSR count). The van der Waals surface area contributed by atoms with Gasteiger partial charge in [-0.25, -0.2) is 0 Å². The smallest absolute Gasteiger partial charge is 0.312 e. The van der Waals surface area contributed by atoms with Crippen molar-refractivity contribution in [2.24, 2.45) is 7.05 Å². The van der Waals surface area contributed by atoms with Gasteiger partial charge in [-0.1, -0.05) is 0 Å². The molecule has 0 radical (unpaired) electrons. The third-order valence-corrected chi connectivity index (χ3v) is 2.39. The normalized spacial score (nSPS) is 20.9. The van der Waals surface area contributed by atoms with Crippen LogP contribution in [0.4, 0.5) is 0 Å². The number of aliphatic carboxylic acids is 1. The van der Waals surface area contributed by atoms with E-state index in [2.05, 4.69) is 5.10 Å². The van der Waals surface area contributed by atoms with Crippen LogP contribution in [-0.4, -0.2) is 20.9 Å². The Morgan fingerprint density at radius 3 is 3.25 bits per heavy atom. The lowest BCUT2D eigenvalue weighted by Gasteiger charge is -2.05.